The number of amides is 2. The number of nitrogens with zero attached hydrogens (tertiary/aromatic N) is 1. The van der Waals surface area contributed by atoms with Gasteiger partial charge in [-0.25, -0.2) is 0 Å². The number of hydrogen-bond acceptors (Lipinski definition) is 4. The van der Waals surface area contributed by atoms with Crippen LogP contribution in [0.4, 0.5) is 0 Å². The summed E-state index contributed by atoms with van der Waals surface area (Å²) < 4.78 is 5.57. The van der Waals surface area contributed by atoms with Gasteiger partial charge >= 0.3 is 5.97 Å². The maximum absolute atomic E-state index is 14.1. The van der Waals surface area contributed by atoms with Gasteiger partial charge in [0.15, 0.2) is 0 Å². The zero-order chi connectivity index (χ0) is 28.4. The fourth-order valence-electron chi connectivity index (χ4n) is 6.62. The second kappa shape index (κ2) is 11.2. The summed E-state index contributed by atoms with van der Waals surface area (Å²) in [5, 5.41) is 7.40. The van der Waals surface area contributed by atoms with Crippen LogP contribution >= 0.6 is 0 Å². The lowest BCUT2D eigenvalue weighted by Crippen LogP contribution is -2.52. The largest absolute Gasteiger partial charge is 0.465 e. The fourth-order valence-corrected chi connectivity index (χ4v) is 6.62. The van der Waals surface area contributed by atoms with Crippen LogP contribution in [0.1, 0.15) is 43.7 Å². The van der Waals surface area contributed by atoms with Crippen molar-refractivity contribution in [3.05, 3.63) is 108 Å². The first-order valence-corrected chi connectivity index (χ1v) is 14.4. The third-order valence-electron chi connectivity index (χ3n) is 8.56. The van der Waals surface area contributed by atoms with Crippen molar-refractivity contribution in [2.45, 2.75) is 45.7 Å². The zero-order valence-electron chi connectivity index (χ0n) is 23.3. The lowest BCUT2D eigenvalue weighted by atomic mass is 9.71. The maximum atomic E-state index is 14.1. The van der Waals surface area contributed by atoms with Gasteiger partial charge in [-0.1, -0.05) is 91.0 Å². The van der Waals surface area contributed by atoms with E-state index in [1.807, 2.05) is 72.8 Å². The Morgan fingerprint density at radius 3 is 2.24 bits per heavy atom. The summed E-state index contributed by atoms with van der Waals surface area (Å²) in [6.45, 7) is 2.77. The van der Waals surface area contributed by atoms with Gasteiger partial charge in [-0.2, -0.15) is 0 Å². The van der Waals surface area contributed by atoms with Crippen molar-refractivity contribution >= 4 is 39.3 Å². The first kappa shape index (κ1) is 26.8. The number of hydrogen-bond donors (Lipinski definition) is 1. The molecule has 1 saturated heterocycles. The number of allylic oxidation sites excluding steroid dienone is 1. The highest BCUT2D eigenvalue weighted by Crippen LogP contribution is 2.51. The number of ether oxygens (including phenoxy) is 1. The standard InChI is InChI=1S/C35H34N2O4/c1-2-41-34(40)35-19-9-18-31(35)37(23-27-15-8-13-25-11-4-6-17-30(25)27)33(39)28(21-35)20-32(38)36-22-26-14-7-12-24-10-3-5-16-29(24)26/h3-8,10-18,28H,2,9,19-23H2,1H3,(H,36,38)/t28-,35-/m0/s1. The van der Waals surface area contributed by atoms with Crippen molar-refractivity contribution < 1.29 is 19.1 Å². The highest BCUT2D eigenvalue weighted by molar-refractivity contribution is 5.93. The predicted molar refractivity (Wildman–Crippen MR) is 159 cm³/mol. The molecule has 4 aromatic rings. The Bertz CT molecular complexity index is 1660. The quantitative estimate of drug-likeness (QED) is 0.264. The molecule has 0 aromatic heterocycles. The number of esters is 1. The average Bonchev–Trinajstić information content (AvgIpc) is 3.43. The molecule has 2 amide bonds. The molecule has 6 nitrogen and oxygen atoms in total. The minimum absolute atomic E-state index is 0.0179. The first-order valence-electron chi connectivity index (χ1n) is 14.4. The van der Waals surface area contributed by atoms with Crippen LogP contribution in [-0.4, -0.2) is 29.3 Å². The number of rotatable bonds is 8. The molecule has 208 valence electrons. The molecule has 1 N–H and O–H groups in total. The van der Waals surface area contributed by atoms with Crippen LogP contribution in [0.5, 0.6) is 0 Å². The van der Waals surface area contributed by atoms with Gasteiger partial charge in [0.05, 0.1) is 13.2 Å². The monoisotopic (exact) mass is 546 g/mol. The number of carbonyl (C=O) groups excluding carboxylic acids is 3. The second-order valence-corrected chi connectivity index (χ2v) is 11.0. The molecule has 6 rings (SSSR count). The Balaban J connectivity index is 1.27. The summed E-state index contributed by atoms with van der Waals surface area (Å²) in [4.78, 5) is 42.6. The molecule has 0 saturated carbocycles. The van der Waals surface area contributed by atoms with Crippen LogP contribution in [-0.2, 0) is 32.2 Å². The molecule has 6 heteroatoms. The van der Waals surface area contributed by atoms with Gasteiger partial charge in [-0.05, 0) is 58.9 Å². The Hall–Kier alpha value is -4.45. The Labute approximate surface area is 240 Å². The van der Waals surface area contributed by atoms with Gasteiger partial charge in [0.25, 0.3) is 0 Å². The van der Waals surface area contributed by atoms with Crippen molar-refractivity contribution in [1.29, 1.82) is 0 Å². The lowest BCUT2D eigenvalue weighted by molar-refractivity contribution is -0.161. The van der Waals surface area contributed by atoms with E-state index in [4.69, 9.17) is 4.74 Å². The molecule has 1 heterocycles. The Morgan fingerprint density at radius 1 is 0.902 bits per heavy atom. The average molecular weight is 547 g/mol. The summed E-state index contributed by atoms with van der Waals surface area (Å²) in [5.74, 6) is -1.25. The van der Waals surface area contributed by atoms with E-state index in [-0.39, 0.29) is 37.2 Å². The van der Waals surface area contributed by atoms with Crippen LogP contribution in [0.2, 0.25) is 0 Å². The van der Waals surface area contributed by atoms with Crippen LogP contribution < -0.4 is 5.32 Å². The molecule has 2 atom stereocenters. The predicted octanol–water partition coefficient (Wildman–Crippen LogP) is 6.28. The highest BCUT2D eigenvalue weighted by atomic mass is 16.5. The van der Waals surface area contributed by atoms with E-state index in [1.165, 1.54) is 0 Å². The van der Waals surface area contributed by atoms with Crippen LogP contribution in [0.3, 0.4) is 0 Å². The molecule has 41 heavy (non-hydrogen) atoms. The molecule has 0 bridgehead atoms. The molecular formula is C35H34N2O4. The number of nitrogens with one attached hydrogen (secondary N) is 1. The van der Waals surface area contributed by atoms with Crippen molar-refractivity contribution in [2.75, 3.05) is 6.61 Å². The zero-order valence-corrected chi connectivity index (χ0v) is 23.3. The summed E-state index contributed by atoms with van der Waals surface area (Å²) in [6.07, 6.45) is 3.58. The third kappa shape index (κ3) is 4.99. The molecule has 4 aromatic carbocycles. The summed E-state index contributed by atoms with van der Waals surface area (Å²) >= 11 is 0. The molecule has 2 aliphatic rings. The van der Waals surface area contributed by atoms with Crippen molar-refractivity contribution in [2.24, 2.45) is 11.3 Å². The number of piperidine rings is 1. The topological polar surface area (TPSA) is 75.7 Å². The van der Waals surface area contributed by atoms with Crippen LogP contribution in [0.25, 0.3) is 21.5 Å². The molecule has 0 unspecified atom stereocenters. The van der Waals surface area contributed by atoms with E-state index >= 15 is 0 Å². The van der Waals surface area contributed by atoms with E-state index < -0.39 is 11.3 Å². The molecule has 1 aliphatic heterocycles. The van der Waals surface area contributed by atoms with E-state index in [1.54, 1.807) is 11.8 Å². The van der Waals surface area contributed by atoms with Crippen LogP contribution in [0, 0.1) is 11.3 Å². The van der Waals surface area contributed by atoms with Crippen molar-refractivity contribution in [3.63, 3.8) is 0 Å². The van der Waals surface area contributed by atoms with Crippen molar-refractivity contribution in [3.8, 4) is 0 Å². The van der Waals surface area contributed by atoms with Gasteiger partial charge < -0.3 is 15.0 Å². The van der Waals surface area contributed by atoms with Gasteiger partial charge in [0.2, 0.25) is 11.8 Å². The van der Waals surface area contributed by atoms with Gasteiger partial charge in [0, 0.05) is 24.6 Å². The lowest BCUT2D eigenvalue weighted by Gasteiger charge is -2.44. The molecule has 1 aliphatic carbocycles. The highest BCUT2D eigenvalue weighted by Gasteiger charge is 2.55. The minimum Gasteiger partial charge on any atom is -0.465 e. The van der Waals surface area contributed by atoms with Gasteiger partial charge in [-0.15, -0.1) is 0 Å². The smallest absolute Gasteiger partial charge is 0.318 e. The number of benzene rings is 4. The van der Waals surface area contributed by atoms with E-state index in [0.29, 0.717) is 25.9 Å². The number of likely N-dealkylation sites (tertiary alicyclic amines) is 1. The third-order valence-corrected chi connectivity index (χ3v) is 8.56. The fraction of sp³-hybridized carbons (Fsp3) is 0.286. The first-order chi connectivity index (χ1) is 20.0. The van der Waals surface area contributed by atoms with Gasteiger partial charge in [0.1, 0.15) is 5.41 Å². The Morgan fingerprint density at radius 2 is 1.54 bits per heavy atom. The molecule has 0 spiro atoms. The Kier molecular flexibility index (Phi) is 7.31. The summed E-state index contributed by atoms with van der Waals surface area (Å²) in [7, 11) is 0. The minimum atomic E-state index is -0.922. The molecule has 0 radical (unpaired) electrons. The van der Waals surface area contributed by atoms with Crippen LogP contribution in [0.15, 0.2) is 96.7 Å². The summed E-state index contributed by atoms with van der Waals surface area (Å²) in [6, 6.07) is 28.3. The van der Waals surface area contributed by atoms with E-state index in [9.17, 15) is 14.4 Å². The number of fused-ring (bicyclic) bond motifs is 3. The number of carbonyl (C=O) groups is 3. The second-order valence-electron chi connectivity index (χ2n) is 11.0. The molecule has 1 fully saturated rings. The van der Waals surface area contributed by atoms with E-state index in [2.05, 4.69) is 23.5 Å². The van der Waals surface area contributed by atoms with Gasteiger partial charge in [-0.3, -0.25) is 14.4 Å². The summed E-state index contributed by atoms with van der Waals surface area (Å²) in [5.41, 5.74) is 1.83. The normalized spacial score (nSPS) is 20.1. The maximum Gasteiger partial charge on any atom is 0.318 e. The molecular weight excluding hydrogens is 512 g/mol. The van der Waals surface area contributed by atoms with E-state index in [0.717, 1.165) is 38.4 Å². The SMILES string of the molecule is CCOC(=O)[C@]12CCC=C1N(Cc1cccc3ccccc13)C(=O)[C@@H](CC(=O)NCc1cccc3ccccc13)C2. The van der Waals surface area contributed by atoms with Crippen molar-refractivity contribution in [1.82, 2.24) is 10.2 Å².